The van der Waals surface area contributed by atoms with Crippen LogP contribution in [0.2, 0.25) is 0 Å². The van der Waals surface area contributed by atoms with E-state index in [-0.39, 0.29) is 11.4 Å². The summed E-state index contributed by atoms with van der Waals surface area (Å²) in [5, 5.41) is 16.2. The molecule has 0 saturated heterocycles. The van der Waals surface area contributed by atoms with Gasteiger partial charge < -0.3 is 10.6 Å². The average Bonchev–Trinajstić information content (AvgIpc) is 2.60. The van der Waals surface area contributed by atoms with Gasteiger partial charge >= 0.3 is 5.69 Å². The third kappa shape index (κ3) is 3.92. The minimum atomic E-state index is -0.998. The van der Waals surface area contributed by atoms with Crippen molar-refractivity contribution in [2.75, 3.05) is 10.6 Å². The van der Waals surface area contributed by atoms with Crippen molar-refractivity contribution in [2.45, 2.75) is 0 Å². The summed E-state index contributed by atoms with van der Waals surface area (Å²) in [6, 6.07) is 5.13. The van der Waals surface area contributed by atoms with Crippen LogP contribution in [0.5, 0.6) is 0 Å². The lowest BCUT2D eigenvalue weighted by molar-refractivity contribution is -0.383. The number of aromatic nitrogens is 2. The number of hydrogen-bond acceptors (Lipinski definition) is 6. The van der Waals surface area contributed by atoms with Crippen LogP contribution in [0.1, 0.15) is 0 Å². The number of anilines is 4. The number of hydrogen-bond donors (Lipinski definition) is 2. The van der Waals surface area contributed by atoms with Crippen molar-refractivity contribution in [3.8, 4) is 0 Å². The van der Waals surface area contributed by atoms with E-state index in [2.05, 4.69) is 20.6 Å². The normalized spacial score (nSPS) is 10.5. The number of nitrogens with zero attached hydrogens (tertiary/aromatic N) is 3. The molecule has 27 heavy (non-hydrogen) atoms. The van der Waals surface area contributed by atoms with E-state index in [1.54, 1.807) is 0 Å². The lowest BCUT2D eigenvalue weighted by atomic mass is 10.2. The van der Waals surface area contributed by atoms with Crippen LogP contribution in [0.25, 0.3) is 0 Å². The molecular weight excluding hydrogens is 370 g/mol. The van der Waals surface area contributed by atoms with Gasteiger partial charge in [-0.25, -0.2) is 27.5 Å². The molecule has 0 amide bonds. The highest BCUT2D eigenvalue weighted by Crippen LogP contribution is 2.34. The Morgan fingerprint density at radius 2 is 1.26 bits per heavy atom. The molecule has 0 radical (unpaired) electrons. The van der Waals surface area contributed by atoms with E-state index in [1.165, 1.54) is 0 Å². The Bertz CT molecular complexity index is 960. The summed E-state index contributed by atoms with van der Waals surface area (Å²) >= 11 is 0. The first-order valence-corrected chi connectivity index (χ1v) is 7.28. The highest BCUT2D eigenvalue weighted by Gasteiger charge is 2.24. The van der Waals surface area contributed by atoms with E-state index in [9.17, 15) is 27.7 Å². The minimum Gasteiger partial charge on any atom is -0.332 e. The fourth-order valence-corrected chi connectivity index (χ4v) is 2.17. The zero-order valence-corrected chi connectivity index (χ0v) is 13.2. The second-order valence-electron chi connectivity index (χ2n) is 5.17. The van der Waals surface area contributed by atoms with E-state index in [0.717, 1.165) is 30.6 Å². The van der Waals surface area contributed by atoms with Crippen molar-refractivity contribution in [3.63, 3.8) is 0 Å². The fraction of sp³-hybridized carbons (Fsp3) is 0. The molecule has 0 saturated carbocycles. The number of benzene rings is 2. The maximum absolute atomic E-state index is 13.8. The molecule has 0 aliphatic rings. The van der Waals surface area contributed by atoms with Crippen molar-refractivity contribution in [1.29, 1.82) is 0 Å². The van der Waals surface area contributed by atoms with Gasteiger partial charge in [-0.15, -0.1) is 0 Å². The molecule has 0 atom stereocenters. The largest absolute Gasteiger partial charge is 0.353 e. The van der Waals surface area contributed by atoms with E-state index in [4.69, 9.17) is 0 Å². The molecule has 1 heterocycles. The number of nitro groups is 1. The summed E-state index contributed by atoms with van der Waals surface area (Å²) < 4.78 is 53.6. The summed E-state index contributed by atoms with van der Waals surface area (Å²) in [5.74, 6) is -4.48. The van der Waals surface area contributed by atoms with Crippen molar-refractivity contribution in [3.05, 3.63) is 76.1 Å². The highest BCUT2D eigenvalue weighted by atomic mass is 19.1. The van der Waals surface area contributed by atoms with Crippen LogP contribution >= 0.6 is 0 Å². The molecule has 0 bridgehead atoms. The Hall–Kier alpha value is -3.76. The van der Waals surface area contributed by atoms with Gasteiger partial charge in [-0.2, -0.15) is 0 Å². The predicted octanol–water partition coefficient (Wildman–Crippen LogP) is 4.43. The maximum Gasteiger partial charge on any atom is 0.353 e. The Morgan fingerprint density at radius 3 is 1.63 bits per heavy atom. The first-order chi connectivity index (χ1) is 12.8. The number of rotatable bonds is 5. The van der Waals surface area contributed by atoms with Gasteiger partial charge in [0.2, 0.25) is 11.6 Å². The van der Waals surface area contributed by atoms with Crippen molar-refractivity contribution in [1.82, 2.24) is 9.97 Å². The quantitative estimate of drug-likeness (QED) is 0.387. The number of nitrogens with one attached hydrogen (secondary N) is 2. The molecular formula is C16H9F4N5O2. The Kier molecular flexibility index (Phi) is 4.83. The van der Waals surface area contributed by atoms with Crippen LogP contribution in [0.3, 0.4) is 0 Å². The van der Waals surface area contributed by atoms with Gasteiger partial charge in [0, 0.05) is 12.1 Å². The summed E-state index contributed by atoms with van der Waals surface area (Å²) in [6.45, 7) is 0. The molecule has 0 spiro atoms. The molecule has 138 valence electrons. The topological polar surface area (TPSA) is 93.0 Å². The summed E-state index contributed by atoms with van der Waals surface area (Å²) in [6.07, 6.45) is 0.917. The zero-order valence-electron chi connectivity index (χ0n) is 13.2. The third-order valence-corrected chi connectivity index (χ3v) is 3.37. The Labute approximate surface area is 148 Å². The molecule has 1 aromatic heterocycles. The van der Waals surface area contributed by atoms with E-state index < -0.39 is 45.5 Å². The lowest BCUT2D eigenvalue weighted by Gasteiger charge is -2.11. The second-order valence-corrected chi connectivity index (χ2v) is 5.17. The molecule has 0 aliphatic heterocycles. The van der Waals surface area contributed by atoms with Crippen LogP contribution in [-0.2, 0) is 0 Å². The fourth-order valence-electron chi connectivity index (χ4n) is 2.17. The molecule has 7 nitrogen and oxygen atoms in total. The van der Waals surface area contributed by atoms with Crippen molar-refractivity contribution < 1.29 is 22.5 Å². The summed E-state index contributed by atoms with van der Waals surface area (Å²) in [4.78, 5) is 17.9. The summed E-state index contributed by atoms with van der Waals surface area (Å²) in [7, 11) is 0. The molecule has 3 rings (SSSR count). The molecule has 0 aliphatic carbocycles. The molecule has 2 aromatic carbocycles. The highest BCUT2D eigenvalue weighted by molar-refractivity contribution is 5.76. The van der Waals surface area contributed by atoms with Gasteiger partial charge in [0.25, 0.3) is 0 Å². The Morgan fingerprint density at radius 1 is 0.815 bits per heavy atom. The number of halogens is 4. The maximum atomic E-state index is 13.8. The smallest absolute Gasteiger partial charge is 0.332 e. The van der Waals surface area contributed by atoms with Crippen LogP contribution in [0, 0.1) is 33.4 Å². The van der Waals surface area contributed by atoms with Gasteiger partial charge in [-0.1, -0.05) is 0 Å². The standard InChI is InChI=1S/C16H9F4N5O2/c17-8-1-3-12(10(19)5-8)23-15-14(25(26)27)16(22-7-21-15)24-13-4-2-9(18)6-11(13)20/h1-7H,(H2,21,22,23,24). The molecule has 0 unspecified atom stereocenters. The first kappa shape index (κ1) is 18.0. The summed E-state index contributed by atoms with van der Waals surface area (Å²) in [5.41, 5.74) is -1.25. The van der Waals surface area contributed by atoms with Crippen molar-refractivity contribution >= 4 is 28.7 Å². The lowest BCUT2D eigenvalue weighted by Crippen LogP contribution is -2.07. The van der Waals surface area contributed by atoms with Gasteiger partial charge in [-0.05, 0) is 24.3 Å². The van der Waals surface area contributed by atoms with Crippen LogP contribution < -0.4 is 10.6 Å². The predicted molar refractivity (Wildman–Crippen MR) is 88.0 cm³/mol. The van der Waals surface area contributed by atoms with E-state index >= 15 is 0 Å². The average molecular weight is 379 g/mol. The monoisotopic (exact) mass is 379 g/mol. The molecule has 0 fully saturated rings. The second kappa shape index (κ2) is 7.23. The molecule has 3 aromatic rings. The van der Waals surface area contributed by atoms with Gasteiger partial charge in [-0.3, -0.25) is 10.1 Å². The third-order valence-electron chi connectivity index (χ3n) is 3.37. The Balaban J connectivity index is 2.01. The van der Waals surface area contributed by atoms with Crippen molar-refractivity contribution in [2.24, 2.45) is 0 Å². The molecule has 11 heteroatoms. The molecule has 2 N–H and O–H groups in total. The minimum absolute atomic E-state index is 0.267. The van der Waals surface area contributed by atoms with Crippen LogP contribution in [0.15, 0.2) is 42.7 Å². The van der Waals surface area contributed by atoms with Gasteiger partial charge in [0.05, 0.1) is 16.3 Å². The van der Waals surface area contributed by atoms with Gasteiger partial charge in [0.15, 0.2) is 0 Å². The van der Waals surface area contributed by atoms with Gasteiger partial charge in [0.1, 0.15) is 29.6 Å². The first-order valence-electron chi connectivity index (χ1n) is 7.28. The van der Waals surface area contributed by atoms with Crippen LogP contribution in [0.4, 0.5) is 46.3 Å². The van der Waals surface area contributed by atoms with E-state index in [0.29, 0.717) is 12.1 Å². The van der Waals surface area contributed by atoms with E-state index in [1.807, 2.05) is 0 Å². The zero-order chi connectivity index (χ0) is 19.6. The SMILES string of the molecule is O=[N+]([O-])c1c(Nc2ccc(F)cc2F)ncnc1Nc1ccc(F)cc1F. The van der Waals surface area contributed by atoms with Crippen LogP contribution in [-0.4, -0.2) is 14.9 Å².